The smallest absolute Gasteiger partial charge is 0.305 e. The van der Waals surface area contributed by atoms with E-state index in [0.717, 1.165) is 6.08 Å². The number of ether oxygens (including phenoxy) is 1. The second-order valence-corrected chi connectivity index (χ2v) is 6.64. The van der Waals surface area contributed by atoms with Crippen LogP contribution in [-0.4, -0.2) is 33.2 Å². The maximum atomic E-state index is 13.1. The van der Waals surface area contributed by atoms with Crippen LogP contribution in [0, 0.1) is 5.82 Å². The molecule has 0 bridgehead atoms. The van der Waals surface area contributed by atoms with E-state index < -0.39 is 27.7 Å². The maximum Gasteiger partial charge on any atom is 0.305 e. The van der Waals surface area contributed by atoms with Crippen molar-refractivity contribution in [2.24, 2.45) is 0 Å². The van der Waals surface area contributed by atoms with Crippen LogP contribution in [0.5, 0.6) is 0 Å². The summed E-state index contributed by atoms with van der Waals surface area (Å²) >= 11 is 0. The van der Waals surface area contributed by atoms with Crippen molar-refractivity contribution >= 4 is 27.5 Å². The van der Waals surface area contributed by atoms with Gasteiger partial charge in [-0.15, -0.1) is 0 Å². The Bertz CT molecular complexity index is 712. The molecule has 0 atom stereocenters. The molecule has 0 fully saturated rings. The zero-order valence-electron chi connectivity index (χ0n) is 12.8. The Morgan fingerprint density at radius 3 is 2.65 bits per heavy atom. The average Bonchev–Trinajstić information content (AvgIpc) is 2.45. The van der Waals surface area contributed by atoms with Gasteiger partial charge in [0.2, 0.25) is 10.0 Å². The summed E-state index contributed by atoms with van der Waals surface area (Å²) < 4.78 is 42.8. The number of hydrogen-bond acceptors (Lipinski definition) is 5. The highest BCUT2D eigenvalue weighted by atomic mass is 32.2. The predicted molar refractivity (Wildman–Crippen MR) is 83.2 cm³/mol. The molecule has 1 aromatic rings. The molecule has 0 heterocycles. The molecule has 0 aromatic heterocycles. The summed E-state index contributed by atoms with van der Waals surface area (Å²) in [7, 11) is -2.64. The number of sulfonamides is 1. The zero-order chi connectivity index (χ0) is 17.5. The number of allylic oxidation sites excluding steroid dienone is 1. The van der Waals surface area contributed by atoms with Gasteiger partial charge in [-0.2, -0.15) is 0 Å². The number of nitrogens with one attached hydrogen (secondary N) is 1. The lowest BCUT2D eigenvalue weighted by molar-refractivity contribution is -0.140. The Hall–Kier alpha value is -2.22. The Morgan fingerprint density at radius 2 is 2.04 bits per heavy atom. The van der Waals surface area contributed by atoms with Gasteiger partial charge >= 0.3 is 5.97 Å². The molecule has 1 N–H and O–H groups in total. The van der Waals surface area contributed by atoms with Crippen LogP contribution in [0.1, 0.15) is 25.3 Å². The van der Waals surface area contributed by atoms with Gasteiger partial charge < -0.3 is 4.74 Å². The standard InChI is InChI=1S/C15H18FNO5S/c1-11(12-5-3-6-13(16)10-12)9-14(18)17-23(20,21)8-4-7-15(19)22-2/h3,5-6,9-10H,4,7-8H2,1-2H3,(H,17,18)/b11-9+. The van der Waals surface area contributed by atoms with Crippen molar-refractivity contribution in [3.8, 4) is 0 Å². The van der Waals surface area contributed by atoms with E-state index in [1.165, 1.54) is 25.3 Å². The van der Waals surface area contributed by atoms with E-state index in [4.69, 9.17) is 0 Å². The highest BCUT2D eigenvalue weighted by Crippen LogP contribution is 2.14. The van der Waals surface area contributed by atoms with E-state index in [1.807, 2.05) is 4.72 Å². The van der Waals surface area contributed by atoms with E-state index in [1.54, 1.807) is 13.0 Å². The van der Waals surface area contributed by atoms with Crippen molar-refractivity contribution < 1.29 is 27.1 Å². The van der Waals surface area contributed by atoms with E-state index in [2.05, 4.69) is 4.74 Å². The first-order chi connectivity index (χ1) is 10.7. The van der Waals surface area contributed by atoms with Crippen LogP contribution in [0.25, 0.3) is 5.57 Å². The minimum absolute atomic E-state index is 0.0435. The summed E-state index contributed by atoms with van der Waals surface area (Å²) in [5.74, 6) is -2.18. The van der Waals surface area contributed by atoms with Crippen LogP contribution >= 0.6 is 0 Å². The number of benzene rings is 1. The highest BCUT2D eigenvalue weighted by Gasteiger charge is 2.14. The molecule has 0 unspecified atom stereocenters. The van der Waals surface area contributed by atoms with Gasteiger partial charge in [0, 0.05) is 12.5 Å². The molecule has 8 heteroatoms. The number of hydrogen-bond donors (Lipinski definition) is 1. The molecule has 0 radical (unpaired) electrons. The summed E-state index contributed by atoms with van der Waals surface area (Å²) in [5.41, 5.74) is 0.898. The van der Waals surface area contributed by atoms with E-state index in [9.17, 15) is 22.4 Å². The Labute approximate surface area is 134 Å². The van der Waals surface area contributed by atoms with Gasteiger partial charge in [-0.25, -0.2) is 17.5 Å². The number of esters is 1. The topological polar surface area (TPSA) is 89.5 Å². The SMILES string of the molecule is COC(=O)CCCS(=O)(=O)NC(=O)/C=C(\C)c1cccc(F)c1. The first kappa shape index (κ1) is 18.8. The van der Waals surface area contributed by atoms with Gasteiger partial charge in [0.05, 0.1) is 12.9 Å². The van der Waals surface area contributed by atoms with Crippen LogP contribution in [-0.2, 0) is 24.3 Å². The third-order valence-corrected chi connectivity index (χ3v) is 4.24. The van der Waals surface area contributed by atoms with Crippen molar-refractivity contribution in [1.82, 2.24) is 4.72 Å². The molecule has 0 spiro atoms. The third kappa shape index (κ3) is 7.05. The molecule has 0 aliphatic rings. The predicted octanol–water partition coefficient (Wildman–Crippen LogP) is 1.63. The van der Waals surface area contributed by atoms with Crippen molar-refractivity contribution in [2.75, 3.05) is 12.9 Å². The normalized spacial score (nSPS) is 11.9. The average molecular weight is 343 g/mol. The molecule has 6 nitrogen and oxygen atoms in total. The van der Waals surface area contributed by atoms with Gasteiger partial charge in [-0.05, 0) is 36.6 Å². The van der Waals surface area contributed by atoms with Crippen LogP contribution < -0.4 is 4.72 Å². The Kier molecular flexibility index (Phi) is 6.89. The van der Waals surface area contributed by atoms with Crippen LogP contribution in [0.4, 0.5) is 4.39 Å². The molecule has 126 valence electrons. The van der Waals surface area contributed by atoms with Crippen molar-refractivity contribution in [2.45, 2.75) is 19.8 Å². The number of carbonyl (C=O) groups is 2. The van der Waals surface area contributed by atoms with Crippen molar-refractivity contribution in [1.29, 1.82) is 0 Å². The van der Waals surface area contributed by atoms with Crippen molar-refractivity contribution in [3.05, 3.63) is 41.7 Å². The van der Waals surface area contributed by atoms with Crippen LogP contribution in [0.3, 0.4) is 0 Å². The second kappa shape index (κ2) is 8.42. The van der Waals surface area contributed by atoms with Gasteiger partial charge in [0.1, 0.15) is 5.82 Å². The summed E-state index contributed by atoms with van der Waals surface area (Å²) in [4.78, 5) is 22.6. The van der Waals surface area contributed by atoms with Crippen LogP contribution in [0.2, 0.25) is 0 Å². The molecule has 1 aromatic carbocycles. The van der Waals surface area contributed by atoms with Gasteiger partial charge in [-0.3, -0.25) is 9.59 Å². The fraction of sp³-hybridized carbons (Fsp3) is 0.333. The van der Waals surface area contributed by atoms with Crippen LogP contribution in [0.15, 0.2) is 30.3 Å². The monoisotopic (exact) mass is 343 g/mol. The minimum atomic E-state index is -3.85. The fourth-order valence-electron chi connectivity index (χ4n) is 1.76. The number of rotatable bonds is 7. The molecular formula is C15H18FNO5S. The second-order valence-electron chi connectivity index (χ2n) is 4.80. The number of carbonyl (C=O) groups excluding carboxylic acids is 2. The van der Waals surface area contributed by atoms with Gasteiger partial charge in [-0.1, -0.05) is 12.1 Å². The molecule has 23 heavy (non-hydrogen) atoms. The lowest BCUT2D eigenvalue weighted by Crippen LogP contribution is -2.31. The van der Waals surface area contributed by atoms with Crippen molar-refractivity contribution in [3.63, 3.8) is 0 Å². The summed E-state index contributed by atoms with van der Waals surface area (Å²) in [6, 6.07) is 5.60. The Morgan fingerprint density at radius 1 is 1.35 bits per heavy atom. The summed E-state index contributed by atoms with van der Waals surface area (Å²) in [6.07, 6.45) is 1.07. The molecule has 0 aliphatic carbocycles. The summed E-state index contributed by atoms with van der Waals surface area (Å²) in [5, 5.41) is 0. The number of halogens is 1. The van der Waals surface area contributed by atoms with E-state index in [-0.39, 0.29) is 18.6 Å². The van der Waals surface area contributed by atoms with E-state index in [0.29, 0.717) is 11.1 Å². The number of methoxy groups -OCH3 is 1. The minimum Gasteiger partial charge on any atom is -0.469 e. The first-order valence-corrected chi connectivity index (χ1v) is 8.44. The molecule has 0 saturated heterocycles. The maximum absolute atomic E-state index is 13.1. The zero-order valence-corrected chi connectivity index (χ0v) is 13.7. The van der Waals surface area contributed by atoms with E-state index >= 15 is 0 Å². The lowest BCUT2D eigenvalue weighted by atomic mass is 10.1. The fourth-order valence-corrected chi connectivity index (χ4v) is 2.75. The highest BCUT2D eigenvalue weighted by molar-refractivity contribution is 7.90. The van der Waals surface area contributed by atoms with Gasteiger partial charge in [0.15, 0.2) is 0 Å². The largest absolute Gasteiger partial charge is 0.469 e. The molecule has 1 rings (SSSR count). The Balaban J connectivity index is 2.64. The molecule has 1 amide bonds. The molecule has 0 aliphatic heterocycles. The molecule has 0 saturated carbocycles. The third-order valence-electron chi connectivity index (χ3n) is 2.91. The quantitative estimate of drug-likeness (QED) is 0.600. The lowest BCUT2D eigenvalue weighted by Gasteiger charge is -2.06. The summed E-state index contributed by atoms with van der Waals surface area (Å²) in [6.45, 7) is 1.57. The first-order valence-electron chi connectivity index (χ1n) is 6.79. The number of amides is 1. The van der Waals surface area contributed by atoms with Gasteiger partial charge in [0.25, 0.3) is 5.91 Å². The molecular weight excluding hydrogens is 325 g/mol.